The van der Waals surface area contributed by atoms with Gasteiger partial charge in [-0.25, -0.2) is 0 Å². The van der Waals surface area contributed by atoms with Crippen LogP contribution in [0.4, 0.5) is 0 Å². The molecule has 1 aliphatic heterocycles. The van der Waals surface area contributed by atoms with Crippen LogP contribution < -0.4 is 5.32 Å². The van der Waals surface area contributed by atoms with Crippen molar-refractivity contribution < 1.29 is 19.7 Å². The number of ether oxygens (including phenoxy) is 1. The molecule has 1 heterocycles. The van der Waals surface area contributed by atoms with Crippen molar-refractivity contribution in [2.75, 3.05) is 6.61 Å². The maximum atomic E-state index is 10.8. The van der Waals surface area contributed by atoms with E-state index in [9.17, 15) is 9.90 Å². The average Bonchev–Trinajstić information content (AvgIpc) is 2.10. The van der Waals surface area contributed by atoms with Gasteiger partial charge in [0.1, 0.15) is 0 Å². The topological polar surface area (TPSA) is 78.8 Å². The molecule has 5 heteroatoms. The van der Waals surface area contributed by atoms with Gasteiger partial charge in [0.15, 0.2) is 0 Å². The Kier molecular flexibility index (Phi) is 3.86. The van der Waals surface area contributed by atoms with Crippen LogP contribution in [0.1, 0.15) is 20.3 Å². The Morgan fingerprint density at radius 2 is 2.29 bits per heavy atom. The Morgan fingerprint density at radius 3 is 2.71 bits per heavy atom. The third kappa shape index (κ3) is 2.67. The molecule has 0 bridgehead atoms. The lowest BCUT2D eigenvalue weighted by molar-refractivity contribution is -0.138. The zero-order valence-electron chi connectivity index (χ0n) is 8.43. The fraction of sp³-hybridized carbons (Fsp3) is 0.889. The number of aliphatic hydroxyl groups excluding tert-OH is 2. The maximum absolute atomic E-state index is 10.8. The van der Waals surface area contributed by atoms with Crippen molar-refractivity contribution in [1.29, 1.82) is 0 Å². The molecule has 0 spiro atoms. The van der Waals surface area contributed by atoms with Crippen LogP contribution in [-0.4, -0.2) is 47.1 Å². The van der Waals surface area contributed by atoms with Crippen molar-refractivity contribution in [3.63, 3.8) is 0 Å². The van der Waals surface area contributed by atoms with Gasteiger partial charge in [0, 0.05) is 13.3 Å². The van der Waals surface area contributed by atoms with E-state index in [4.69, 9.17) is 9.84 Å². The molecule has 5 nitrogen and oxygen atoms in total. The zero-order valence-corrected chi connectivity index (χ0v) is 8.43. The third-order valence-electron chi connectivity index (χ3n) is 2.41. The van der Waals surface area contributed by atoms with Crippen LogP contribution in [0.3, 0.4) is 0 Å². The molecule has 4 atom stereocenters. The zero-order chi connectivity index (χ0) is 10.7. The van der Waals surface area contributed by atoms with Gasteiger partial charge >= 0.3 is 0 Å². The van der Waals surface area contributed by atoms with E-state index in [1.54, 1.807) is 6.92 Å². The first-order chi connectivity index (χ1) is 6.54. The van der Waals surface area contributed by atoms with Crippen molar-refractivity contribution in [3.8, 4) is 0 Å². The summed E-state index contributed by atoms with van der Waals surface area (Å²) in [6.07, 6.45) is -0.907. The Hall–Kier alpha value is -0.650. The molecule has 0 aromatic carbocycles. The summed E-state index contributed by atoms with van der Waals surface area (Å²) in [6, 6.07) is -0.379. The molecular formula is C9H17NO4. The van der Waals surface area contributed by atoms with Crippen LogP contribution in [0.25, 0.3) is 0 Å². The van der Waals surface area contributed by atoms with Crippen LogP contribution in [0.15, 0.2) is 0 Å². The number of carbonyl (C=O) groups is 1. The minimum atomic E-state index is -0.653. The first-order valence-electron chi connectivity index (χ1n) is 4.76. The molecule has 1 aliphatic rings. The number of hydrogen-bond donors (Lipinski definition) is 3. The minimum Gasteiger partial charge on any atom is -0.394 e. The van der Waals surface area contributed by atoms with E-state index in [0.29, 0.717) is 6.42 Å². The number of rotatable bonds is 2. The molecule has 1 fully saturated rings. The summed E-state index contributed by atoms with van der Waals surface area (Å²) in [7, 11) is 0. The van der Waals surface area contributed by atoms with Gasteiger partial charge in [-0.15, -0.1) is 0 Å². The number of aliphatic hydroxyl groups is 2. The highest BCUT2D eigenvalue weighted by molar-refractivity contribution is 5.73. The molecule has 0 aliphatic carbocycles. The average molecular weight is 203 g/mol. The summed E-state index contributed by atoms with van der Waals surface area (Å²) in [4.78, 5) is 10.8. The molecule has 82 valence electrons. The molecule has 14 heavy (non-hydrogen) atoms. The summed E-state index contributed by atoms with van der Waals surface area (Å²) in [5, 5.41) is 21.2. The van der Waals surface area contributed by atoms with E-state index in [2.05, 4.69) is 5.32 Å². The molecular weight excluding hydrogens is 186 g/mol. The van der Waals surface area contributed by atoms with Gasteiger partial charge in [0.2, 0.25) is 5.91 Å². The van der Waals surface area contributed by atoms with Gasteiger partial charge in [-0.05, 0) is 6.92 Å². The van der Waals surface area contributed by atoms with Gasteiger partial charge in [0.25, 0.3) is 0 Å². The number of amides is 1. The quantitative estimate of drug-likeness (QED) is 0.539. The van der Waals surface area contributed by atoms with E-state index in [1.807, 2.05) is 0 Å². The monoisotopic (exact) mass is 203 g/mol. The minimum absolute atomic E-state index is 0.103. The molecule has 0 aromatic heterocycles. The van der Waals surface area contributed by atoms with E-state index < -0.39 is 6.10 Å². The van der Waals surface area contributed by atoms with Gasteiger partial charge in [-0.1, -0.05) is 0 Å². The fourth-order valence-corrected chi connectivity index (χ4v) is 1.74. The van der Waals surface area contributed by atoms with Crippen molar-refractivity contribution >= 4 is 5.91 Å². The second kappa shape index (κ2) is 4.72. The third-order valence-corrected chi connectivity index (χ3v) is 2.41. The van der Waals surface area contributed by atoms with Gasteiger partial charge in [-0.3, -0.25) is 4.79 Å². The van der Waals surface area contributed by atoms with E-state index >= 15 is 0 Å². The lowest BCUT2D eigenvalue weighted by Gasteiger charge is -2.37. The van der Waals surface area contributed by atoms with E-state index in [-0.39, 0.29) is 30.8 Å². The summed E-state index contributed by atoms with van der Waals surface area (Å²) < 4.78 is 5.39. The van der Waals surface area contributed by atoms with Gasteiger partial charge in [0.05, 0.1) is 31.0 Å². The molecule has 1 amide bonds. The Morgan fingerprint density at radius 1 is 1.64 bits per heavy atom. The molecule has 1 unspecified atom stereocenters. The number of nitrogens with one attached hydrogen (secondary N) is 1. The van der Waals surface area contributed by atoms with Crippen molar-refractivity contribution in [2.24, 2.45) is 0 Å². The predicted octanol–water partition coefficient (Wildman–Crippen LogP) is -0.978. The highest BCUT2D eigenvalue weighted by Gasteiger charge is 2.35. The second-order valence-electron chi connectivity index (χ2n) is 3.68. The van der Waals surface area contributed by atoms with Crippen molar-refractivity contribution in [3.05, 3.63) is 0 Å². The summed E-state index contributed by atoms with van der Waals surface area (Å²) in [5.41, 5.74) is 0. The Bertz CT molecular complexity index is 197. The molecule has 0 radical (unpaired) electrons. The van der Waals surface area contributed by atoms with Crippen LogP contribution in [0.2, 0.25) is 0 Å². The van der Waals surface area contributed by atoms with E-state index in [1.165, 1.54) is 6.92 Å². The van der Waals surface area contributed by atoms with Gasteiger partial charge < -0.3 is 20.3 Å². The smallest absolute Gasteiger partial charge is 0.217 e. The molecule has 1 saturated heterocycles. The Balaban J connectivity index is 2.55. The molecule has 3 N–H and O–H groups in total. The largest absolute Gasteiger partial charge is 0.394 e. The van der Waals surface area contributed by atoms with Crippen molar-refractivity contribution in [1.82, 2.24) is 5.32 Å². The fourth-order valence-electron chi connectivity index (χ4n) is 1.74. The first kappa shape index (κ1) is 11.4. The van der Waals surface area contributed by atoms with Crippen LogP contribution in [0, 0.1) is 0 Å². The normalized spacial score (nSPS) is 38.0. The predicted molar refractivity (Wildman–Crippen MR) is 49.6 cm³/mol. The number of hydrogen-bond acceptors (Lipinski definition) is 4. The Labute approximate surface area is 83.1 Å². The lowest BCUT2D eigenvalue weighted by Crippen LogP contribution is -2.56. The highest BCUT2D eigenvalue weighted by atomic mass is 16.5. The standard InChI is InChI=1S/C9H17NO4/c1-5-9(10-6(2)12)8(13)3-7(4-11)14-5/h5,7-9,11,13H,3-4H2,1-2H3,(H,10,12)/t5?,7-,8-,9-/m0/s1. The summed E-state index contributed by atoms with van der Waals surface area (Å²) in [5.74, 6) is -0.188. The molecule has 0 aromatic rings. The van der Waals surface area contributed by atoms with Crippen molar-refractivity contribution in [2.45, 2.75) is 44.6 Å². The summed E-state index contributed by atoms with van der Waals surface area (Å²) in [6.45, 7) is 3.07. The SMILES string of the molecule is CC(=O)N[C@H]1C(C)O[C@H](CO)C[C@@H]1O. The second-order valence-corrected chi connectivity index (χ2v) is 3.68. The molecule has 1 rings (SSSR count). The van der Waals surface area contributed by atoms with Crippen LogP contribution in [0.5, 0.6) is 0 Å². The van der Waals surface area contributed by atoms with Crippen LogP contribution in [-0.2, 0) is 9.53 Å². The van der Waals surface area contributed by atoms with Crippen LogP contribution >= 0.6 is 0 Å². The first-order valence-corrected chi connectivity index (χ1v) is 4.76. The number of carbonyl (C=O) groups excluding carboxylic acids is 1. The highest BCUT2D eigenvalue weighted by Crippen LogP contribution is 2.19. The maximum Gasteiger partial charge on any atom is 0.217 e. The van der Waals surface area contributed by atoms with E-state index in [0.717, 1.165) is 0 Å². The lowest BCUT2D eigenvalue weighted by atomic mass is 9.96. The summed E-state index contributed by atoms with van der Waals surface area (Å²) >= 11 is 0. The molecule has 0 saturated carbocycles. The van der Waals surface area contributed by atoms with Gasteiger partial charge in [-0.2, -0.15) is 0 Å².